The zero-order valence-corrected chi connectivity index (χ0v) is 19.6. The Labute approximate surface area is 205 Å². The number of benzene rings is 1. The second-order valence-corrected chi connectivity index (χ2v) is 8.38. The number of amides is 1. The lowest BCUT2D eigenvalue weighted by Gasteiger charge is -2.27. The standard InChI is InChI=1S/C22H21Cl2N5O5/c1-32-21(31)12-5-8-14(9-6-12)33-17-10-7-13(11-25-17)26-19(30)20-28-29-22(34-20)27-16-4-2-3-15(23)18(16)24/h2-4,7,10-12,14H,5-6,8-9H2,1H3,(H,26,30)(H,27,29). The molecule has 2 N–H and O–H groups in total. The van der Waals surface area contributed by atoms with Crippen LogP contribution in [-0.2, 0) is 9.53 Å². The summed E-state index contributed by atoms with van der Waals surface area (Å²) < 4.78 is 16.0. The maximum atomic E-state index is 12.4. The molecule has 1 saturated carbocycles. The summed E-state index contributed by atoms with van der Waals surface area (Å²) in [6, 6.07) is 8.32. The molecule has 178 valence electrons. The molecule has 0 saturated heterocycles. The minimum Gasteiger partial charge on any atom is -0.474 e. The number of halogens is 2. The van der Waals surface area contributed by atoms with Gasteiger partial charge in [-0.2, -0.15) is 0 Å². The van der Waals surface area contributed by atoms with E-state index >= 15 is 0 Å². The summed E-state index contributed by atoms with van der Waals surface area (Å²) >= 11 is 12.1. The molecular weight excluding hydrogens is 485 g/mol. The third kappa shape index (κ3) is 5.75. The van der Waals surface area contributed by atoms with E-state index in [0.29, 0.717) is 27.3 Å². The molecular formula is C22H21Cl2N5O5. The average molecular weight is 506 g/mol. The van der Waals surface area contributed by atoms with Crippen LogP contribution in [0.1, 0.15) is 36.4 Å². The Hall–Kier alpha value is -3.37. The van der Waals surface area contributed by atoms with Crippen molar-refractivity contribution in [2.45, 2.75) is 31.8 Å². The van der Waals surface area contributed by atoms with Gasteiger partial charge in [0, 0.05) is 6.07 Å². The number of carbonyl (C=O) groups excluding carboxylic acids is 2. The van der Waals surface area contributed by atoms with Crippen molar-refractivity contribution in [2.24, 2.45) is 5.92 Å². The molecule has 1 aromatic carbocycles. The Bertz CT molecular complexity index is 1160. The van der Waals surface area contributed by atoms with Crippen LogP contribution in [-0.4, -0.2) is 40.3 Å². The molecule has 0 bridgehead atoms. The zero-order chi connectivity index (χ0) is 24.1. The number of hydrogen-bond acceptors (Lipinski definition) is 9. The number of pyridine rings is 1. The summed E-state index contributed by atoms with van der Waals surface area (Å²) in [6.07, 6.45) is 4.37. The first kappa shape index (κ1) is 23.8. The van der Waals surface area contributed by atoms with Gasteiger partial charge < -0.3 is 24.5 Å². The van der Waals surface area contributed by atoms with E-state index in [0.717, 1.165) is 25.7 Å². The average Bonchev–Trinajstić information content (AvgIpc) is 3.32. The highest BCUT2D eigenvalue weighted by atomic mass is 35.5. The number of carbonyl (C=O) groups is 2. The minimum absolute atomic E-state index is 0.0156. The lowest BCUT2D eigenvalue weighted by Crippen LogP contribution is -2.28. The monoisotopic (exact) mass is 505 g/mol. The first-order valence-corrected chi connectivity index (χ1v) is 11.2. The van der Waals surface area contributed by atoms with Crippen molar-refractivity contribution >= 4 is 52.5 Å². The van der Waals surface area contributed by atoms with Crippen molar-refractivity contribution in [1.82, 2.24) is 15.2 Å². The van der Waals surface area contributed by atoms with E-state index in [2.05, 4.69) is 25.8 Å². The Morgan fingerprint density at radius 3 is 2.59 bits per heavy atom. The van der Waals surface area contributed by atoms with Gasteiger partial charge in [0.25, 0.3) is 0 Å². The predicted molar refractivity (Wildman–Crippen MR) is 125 cm³/mol. The Balaban J connectivity index is 1.29. The van der Waals surface area contributed by atoms with E-state index in [1.54, 1.807) is 30.3 Å². The van der Waals surface area contributed by atoms with E-state index < -0.39 is 5.91 Å². The van der Waals surface area contributed by atoms with Crippen LogP contribution in [0.15, 0.2) is 40.9 Å². The maximum absolute atomic E-state index is 12.4. The van der Waals surface area contributed by atoms with Crippen molar-refractivity contribution in [1.29, 1.82) is 0 Å². The van der Waals surface area contributed by atoms with Gasteiger partial charge in [-0.15, -0.1) is 5.10 Å². The van der Waals surface area contributed by atoms with Crippen LogP contribution in [0.3, 0.4) is 0 Å². The summed E-state index contributed by atoms with van der Waals surface area (Å²) in [5.74, 6) is -0.660. The predicted octanol–water partition coefficient (Wildman–Crippen LogP) is 4.88. The number of nitrogens with zero attached hydrogens (tertiary/aromatic N) is 3. The van der Waals surface area contributed by atoms with Crippen LogP contribution in [0.5, 0.6) is 5.88 Å². The minimum atomic E-state index is -0.602. The third-order valence-corrected chi connectivity index (χ3v) is 6.12. The summed E-state index contributed by atoms with van der Waals surface area (Å²) in [6.45, 7) is 0. The zero-order valence-electron chi connectivity index (χ0n) is 18.1. The SMILES string of the molecule is COC(=O)C1CCC(Oc2ccc(NC(=O)c3nnc(Nc4cccc(Cl)c4Cl)o3)cn2)CC1. The number of hydrogen-bond donors (Lipinski definition) is 2. The molecule has 4 rings (SSSR count). The van der Waals surface area contributed by atoms with Crippen LogP contribution >= 0.6 is 23.2 Å². The smallest absolute Gasteiger partial charge is 0.320 e. The molecule has 12 heteroatoms. The van der Waals surface area contributed by atoms with E-state index in [1.165, 1.54) is 13.3 Å². The number of esters is 1. The molecule has 1 aliphatic rings. The number of nitrogens with one attached hydrogen (secondary N) is 2. The van der Waals surface area contributed by atoms with Gasteiger partial charge in [-0.05, 0) is 43.9 Å². The number of rotatable bonds is 7. The van der Waals surface area contributed by atoms with E-state index in [-0.39, 0.29) is 29.9 Å². The topological polar surface area (TPSA) is 128 Å². The Morgan fingerprint density at radius 2 is 1.88 bits per heavy atom. The molecule has 34 heavy (non-hydrogen) atoms. The molecule has 0 radical (unpaired) electrons. The second-order valence-electron chi connectivity index (χ2n) is 7.59. The van der Waals surface area contributed by atoms with Crippen LogP contribution in [0, 0.1) is 5.92 Å². The molecule has 10 nitrogen and oxygen atoms in total. The van der Waals surface area contributed by atoms with Crippen molar-refractivity contribution in [3.63, 3.8) is 0 Å². The normalized spacial score (nSPS) is 17.6. The lowest BCUT2D eigenvalue weighted by atomic mass is 9.87. The number of aromatic nitrogens is 3. The molecule has 1 fully saturated rings. The Morgan fingerprint density at radius 1 is 1.09 bits per heavy atom. The Kier molecular flexibility index (Phi) is 7.49. The second kappa shape index (κ2) is 10.7. The molecule has 0 aliphatic heterocycles. The fourth-order valence-electron chi connectivity index (χ4n) is 3.54. The summed E-state index contributed by atoms with van der Waals surface area (Å²) in [4.78, 5) is 28.3. The van der Waals surface area contributed by atoms with Crippen molar-refractivity contribution in [3.8, 4) is 5.88 Å². The molecule has 3 aromatic rings. The van der Waals surface area contributed by atoms with Gasteiger partial charge in [0.05, 0.1) is 40.6 Å². The highest BCUT2D eigenvalue weighted by Crippen LogP contribution is 2.31. The fraction of sp³-hybridized carbons (Fsp3) is 0.318. The molecule has 0 atom stereocenters. The largest absolute Gasteiger partial charge is 0.474 e. The van der Waals surface area contributed by atoms with Crippen molar-refractivity contribution in [3.05, 3.63) is 52.5 Å². The van der Waals surface area contributed by atoms with Gasteiger partial charge in [-0.3, -0.25) is 9.59 Å². The summed E-state index contributed by atoms with van der Waals surface area (Å²) in [7, 11) is 1.40. The van der Waals surface area contributed by atoms with Crippen molar-refractivity contribution < 1.29 is 23.5 Å². The van der Waals surface area contributed by atoms with Crippen LogP contribution in [0.25, 0.3) is 0 Å². The first-order chi connectivity index (χ1) is 16.4. The molecule has 1 amide bonds. The summed E-state index contributed by atoms with van der Waals surface area (Å²) in [5.41, 5.74) is 0.890. The molecule has 0 spiro atoms. The third-order valence-electron chi connectivity index (χ3n) is 5.30. The number of methoxy groups -OCH3 is 1. The van der Waals surface area contributed by atoms with Gasteiger partial charge in [-0.1, -0.05) is 34.4 Å². The highest BCUT2D eigenvalue weighted by Gasteiger charge is 2.28. The fourth-order valence-corrected chi connectivity index (χ4v) is 3.89. The molecule has 1 aliphatic carbocycles. The van der Waals surface area contributed by atoms with E-state index in [9.17, 15) is 9.59 Å². The van der Waals surface area contributed by atoms with Crippen LogP contribution in [0.4, 0.5) is 17.4 Å². The molecule has 2 aromatic heterocycles. The quantitative estimate of drug-likeness (QED) is 0.431. The van der Waals surface area contributed by atoms with E-state index in [4.69, 9.17) is 37.1 Å². The number of anilines is 3. The van der Waals surface area contributed by atoms with Crippen LogP contribution < -0.4 is 15.4 Å². The van der Waals surface area contributed by atoms with Crippen molar-refractivity contribution in [2.75, 3.05) is 17.7 Å². The van der Waals surface area contributed by atoms with Gasteiger partial charge >= 0.3 is 23.8 Å². The molecule has 0 unspecified atom stereocenters. The summed E-state index contributed by atoms with van der Waals surface area (Å²) in [5, 5.41) is 13.6. The lowest BCUT2D eigenvalue weighted by molar-refractivity contribution is -0.147. The first-order valence-electron chi connectivity index (χ1n) is 10.5. The number of ether oxygens (including phenoxy) is 2. The maximum Gasteiger partial charge on any atom is 0.320 e. The highest BCUT2D eigenvalue weighted by molar-refractivity contribution is 6.43. The van der Waals surface area contributed by atoms with Gasteiger partial charge in [0.15, 0.2) is 0 Å². The van der Waals surface area contributed by atoms with Crippen LogP contribution in [0.2, 0.25) is 10.0 Å². The van der Waals surface area contributed by atoms with Gasteiger partial charge in [-0.25, -0.2) is 4.98 Å². The van der Waals surface area contributed by atoms with E-state index in [1.807, 2.05) is 0 Å². The van der Waals surface area contributed by atoms with Gasteiger partial charge in [0.2, 0.25) is 5.88 Å². The molecule has 2 heterocycles. The van der Waals surface area contributed by atoms with Gasteiger partial charge in [0.1, 0.15) is 6.10 Å².